The van der Waals surface area contributed by atoms with Crippen LogP contribution in [0.1, 0.15) is 150 Å². The Kier molecular flexibility index (Phi) is 19.4. The zero-order valence-electron chi connectivity index (χ0n) is 69.9. The van der Waals surface area contributed by atoms with Crippen LogP contribution < -0.4 is 19.6 Å². The standard InChI is InChI=1S/C57H50N2.C57H52N2/c1-55(2,3)39-25-29-43(30-26-39)58(41-17-9-7-10-18-41)45-33-35-53-49(37-45)50-38-46(59(42-19-11-8-12-20-42)44-31-27-40(28-32-44)56(4,5)6)34-36-54(50)57(53)51-23-15-13-21-47(51)48-22-14-16-24-52(48)57;1-55(2,3)41-25-33-47(34-26-41)58(45-17-9-7-10-18-45)49-37-29-43(30-38-49)57(53-23-15-13-21-51(53)52-22-14-16-24-54(52)57)44-31-39-50(40-32-44)59(46-19-11-8-12-20-46)48-35-27-42(28-36-48)56(4,5)6/h7-38H,1-6H3;7-40H,1-6H3. The van der Waals surface area contributed by atoms with Crippen LogP contribution in [0.4, 0.5) is 68.2 Å². The van der Waals surface area contributed by atoms with Crippen LogP contribution >= 0.6 is 0 Å². The molecule has 4 nitrogen and oxygen atoms in total. The lowest BCUT2D eigenvalue weighted by Crippen LogP contribution is -2.28. The van der Waals surface area contributed by atoms with Gasteiger partial charge in [0.2, 0.25) is 0 Å². The molecule has 0 bridgehead atoms. The van der Waals surface area contributed by atoms with Gasteiger partial charge in [0.1, 0.15) is 0 Å². The highest BCUT2D eigenvalue weighted by Crippen LogP contribution is 2.65. The van der Waals surface area contributed by atoms with Gasteiger partial charge in [-0.15, -0.1) is 0 Å². The molecule has 19 rings (SSSR count). The summed E-state index contributed by atoms with van der Waals surface area (Å²) in [5.74, 6) is 0. The van der Waals surface area contributed by atoms with Crippen molar-refractivity contribution in [2.45, 2.75) is 116 Å². The summed E-state index contributed by atoms with van der Waals surface area (Å²) in [7, 11) is 0. The van der Waals surface area contributed by atoms with Crippen LogP contribution in [0, 0.1) is 0 Å². The Balaban J connectivity index is 0.000000163. The average Bonchev–Trinajstić information content (AvgIpc) is 1.51. The Bertz CT molecular complexity index is 5800. The summed E-state index contributed by atoms with van der Waals surface area (Å²) >= 11 is 0. The van der Waals surface area contributed by atoms with E-state index in [9.17, 15) is 0 Å². The Hall–Kier alpha value is -13.3. The molecule has 0 radical (unpaired) electrons. The summed E-state index contributed by atoms with van der Waals surface area (Å²) in [4.78, 5) is 9.54. The number of hydrogen-bond acceptors (Lipinski definition) is 4. The van der Waals surface area contributed by atoms with Crippen molar-refractivity contribution >= 4 is 68.2 Å². The van der Waals surface area contributed by atoms with Gasteiger partial charge in [0, 0.05) is 68.2 Å². The first-order valence-electron chi connectivity index (χ1n) is 41.8. The van der Waals surface area contributed by atoms with E-state index in [1.807, 2.05) is 0 Å². The number of anilines is 12. The molecule has 0 fully saturated rings. The Morgan fingerprint density at radius 1 is 0.153 bits per heavy atom. The SMILES string of the molecule is CC(C)(C)c1ccc(N(c2ccccc2)c2ccc(C3(c4ccc(N(c5ccccc5)c5ccc(C(C)(C)C)cc5)cc4)c4ccccc4-c4ccccc43)cc2)cc1.CC(C)(C)c1ccc(N(c2ccccc2)c2ccc3c(c2)-c2cc(N(c4ccccc4)c4ccc(C(C)(C)C)cc4)ccc2C32c3ccccc3-c3ccccc32)cc1. The van der Waals surface area contributed by atoms with Crippen molar-refractivity contribution in [3.05, 3.63) is 467 Å². The van der Waals surface area contributed by atoms with Gasteiger partial charge in [-0.25, -0.2) is 0 Å². The van der Waals surface area contributed by atoms with E-state index in [1.165, 1.54) is 100 Å². The van der Waals surface area contributed by atoms with Gasteiger partial charge < -0.3 is 19.6 Å². The average molecular weight is 1530 g/mol. The molecule has 118 heavy (non-hydrogen) atoms. The fourth-order valence-electron chi connectivity index (χ4n) is 18.7. The third-order valence-electron chi connectivity index (χ3n) is 24.7. The molecular weight excluding hydrogens is 1430 g/mol. The Morgan fingerprint density at radius 3 is 0.568 bits per heavy atom. The van der Waals surface area contributed by atoms with E-state index in [1.54, 1.807) is 0 Å². The largest absolute Gasteiger partial charge is 0.311 e. The highest BCUT2D eigenvalue weighted by molar-refractivity contribution is 5.98. The second-order valence-electron chi connectivity index (χ2n) is 36.1. The van der Waals surface area contributed by atoms with E-state index < -0.39 is 10.8 Å². The van der Waals surface area contributed by atoms with Crippen LogP contribution in [-0.4, -0.2) is 0 Å². The predicted octanol–water partition coefficient (Wildman–Crippen LogP) is 31.1. The quantitative estimate of drug-likeness (QED) is 0.108. The fourth-order valence-corrected chi connectivity index (χ4v) is 18.7. The molecule has 0 aromatic heterocycles. The second-order valence-corrected chi connectivity index (χ2v) is 36.1. The van der Waals surface area contributed by atoms with Crippen LogP contribution in [-0.2, 0) is 32.5 Å². The predicted molar refractivity (Wildman–Crippen MR) is 500 cm³/mol. The minimum atomic E-state index is -0.526. The van der Waals surface area contributed by atoms with Crippen LogP contribution in [0.15, 0.2) is 400 Å². The summed E-state index contributed by atoms with van der Waals surface area (Å²) in [6.07, 6.45) is 0. The molecule has 16 aromatic rings. The van der Waals surface area contributed by atoms with E-state index in [-0.39, 0.29) is 21.7 Å². The minimum absolute atomic E-state index is 0.0650. The number of fused-ring (bicyclic) bond motifs is 13. The van der Waals surface area contributed by atoms with Gasteiger partial charge in [-0.1, -0.05) is 338 Å². The van der Waals surface area contributed by atoms with Crippen LogP contribution in [0.25, 0.3) is 33.4 Å². The first-order valence-corrected chi connectivity index (χ1v) is 41.8. The third kappa shape index (κ3) is 13.5. The lowest BCUT2D eigenvalue weighted by molar-refractivity contribution is 0.590. The lowest BCUT2D eigenvalue weighted by atomic mass is 9.67. The smallest absolute Gasteiger partial charge is 0.0725 e. The normalized spacial score (nSPS) is 13.2. The highest BCUT2D eigenvalue weighted by Gasteiger charge is 2.52. The van der Waals surface area contributed by atoms with E-state index in [0.717, 1.165) is 68.2 Å². The molecule has 0 saturated heterocycles. The zero-order chi connectivity index (χ0) is 81.3. The van der Waals surface area contributed by atoms with Crippen molar-refractivity contribution in [3.63, 3.8) is 0 Å². The topological polar surface area (TPSA) is 13.0 Å². The molecule has 1 spiro atoms. The van der Waals surface area contributed by atoms with Crippen molar-refractivity contribution in [1.82, 2.24) is 0 Å². The maximum Gasteiger partial charge on any atom is 0.0725 e. The van der Waals surface area contributed by atoms with Crippen LogP contribution in [0.5, 0.6) is 0 Å². The maximum absolute atomic E-state index is 2.45. The molecule has 578 valence electrons. The van der Waals surface area contributed by atoms with Gasteiger partial charge in [0.15, 0.2) is 0 Å². The van der Waals surface area contributed by atoms with E-state index in [2.05, 4.69) is 503 Å². The molecule has 0 amide bonds. The van der Waals surface area contributed by atoms with Gasteiger partial charge in [0.05, 0.1) is 10.8 Å². The molecule has 0 atom stereocenters. The van der Waals surface area contributed by atoms with Crippen molar-refractivity contribution in [2.75, 3.05) is 19.6 Å². The molecule has 16 aromatic carbocycles. The number of para-hydroxylation sites is 4. The first-order chi connectivity index (χ1) is 57.1. The Morgan fingerprint density at radius 2 is 0.331 bits per heavy atom. The molecule has 0 unspecified atom stereocenters. The fraction of sp³-hybridized carbons (Fsp3) is 0.158. The van der Waals surface area contributed by atoms with E-state index in [0.29, 0.717) is 0 Å². The van der Waals surface area contributed by atoms with Crippen molar-refractivity contribution < 1.29 is 0 Å². The number of hydrogen-bond donors (Lipinski definition) is 0. The van der Waals surface area contributed by atoms with Gasteiger partial charge in [-0.3, -0.25) is 0 Å². The van der Waals surface area contributed by atoms with Gasteiger partial charge in [0.25, 0.3) is 0 Å². The zero-order valence-corrected chi connectivity index (χ0v) is 69.9. The van der Waals surface area contributed by atoms with Crippen LogP contribution in [0.3, 0.4) is 0 Å². The van der Waals surface area contributed by atoms with Crippen molar-refractivity contribution in [1.29, 1.82) is 0 Å². The summed E-state index contributed by atoms with van der Waals surface area (Å²) in [6.45, 7) is 27.3. The van der Waals surface area contributed by atoms with E-state index >= 15 is 0 Å². The van der Waals surface area contributed by atoms with Crippen LogP contribution in [0.2, 0.25) is 0 Å². The summed E-state index contributed by atoms with van der Waals surface area (Å²) in [6, 6.07) is 148. The third-order valence-corrected chi connectivity index (χ3v) is 24.7. The molecule has 0 saturated carbocycles. The van der Waals surface area contributed by atoms with Crippen molar-refractivity contribution in [3.8, 4) is 33.4 Å². The van der Waals surface area contributed by atoms with E-state index in [4.69, 9.17) is 0 Å². The molecule has 3 aliphatic rings. The monoisotopic (exact) mass is 1530 g/mol. The van der Waals surface area contributed by atoms with Gasteiger partial charge in [-0.2, -0.15) is 0 Å². The Labute approximate surface area is 699 Å². The summed E-state index contributed by atoms with van der Waals surface area (Å²) in [5.41, 5.74) is 36.2. The lowest BCUT2D eigenvalue weighted by Gasteiger charge is -2.35. The number of nitrogens with zero attached hydrogens (tertiary/aromatic N) is 4. The number of benzene rings is 16. The molecule has 3 aliphatic carbocycles. The summed E-state index contributed by atoms with van der Waals surface area (Å²) < 4.78 is 0. The van der Waals surface area contributed by atoms with Gasteiger partial charge >= 0.3 is 0 Å². The number of rotatable bonds is 14. The second kappa shape index (κ2) is 30.1. The molecular formula is C114H102N4. The molecule has 0 aliphatic heterocycles. The molecule has 0 heterocycles. The maximum atomic E-state index is 2.45. The highest BCUT2D eigenvalue weighted by atomic mass is 15.2. The van der Waals surface area contributed by atoms with Gasteiger partial charge in [-0.05, 0) is 267 Å². The summed E-state index contributed by atoms with van der Waals surface area (Å²) in [5, 5.41) is 0. The first kappa shape index (κ1) is 76.0. The molecule has 4 heteroatoms. The van der Waals surface area contributed by atoms with Crippen molar-refractivity contribution in [2.24, 2.45) is 0 Å². The minimum Gasteiger partial charge on any atom is -0.311 e. The molecule has 0 N–H and O–H groups in total.